The molecule has 0 aliphatic heterocycles. The monoisotopic (exact) mass is 193 g/mol. The normalized spacial score (nSPS) is 13.0. The van der Waals surface area contributed by atoms with Gasteiger partial charge >= 0.3 is 0 Å². The van der Waals surface area contributed by atoms with Gasteiger partial charge in [0, 0.05) is 12.4 Å². The first kappa shape index (κ1) is 8.89. The van der Waals surface area contributed by atoms with Crippen LogP contribution in [0.3, 0.4) is 0 Å². The van der Waals surface area contributed by atoms with Crippen LogP contribution in [0.1, 0.15) is 25.3 Å². The Balaban J connectivity index is 2.26. The van der Waals surface area contributed by atoms with Gasteiger partial charge in [0.05, 0.1) is 6.04 Å². The van der Waals surface area contributed by atoms with Gasteiger partial charge in [-0.15, -0.1) is 10.2 Å². The van der Waals surface area contributed by atoms with Crippen LogP contribution in [0, 0.1) is 0 Å². The van der Waals surface area contributed by atoms with Gasteiger partial charge in [0.1, 0.15) is 0 Å². The molecule has 1 unspecified atom stereocenters. The second kappa shape index (κ2) is 3.59. The average Bonchev–Trinajstić information content (AvgIpc) is 2.86. The molecule has 0 saturated carbocycles. The topological polar surface area (TPSA) is 93.6 Å². The van der Waals surface area contributed by atoms with E-state index in [2.05, 4.69) is 20.2 Å². The van der Waals surface area contributed by atoms with E-state index in [4.69, 9.17) is 10.2 Å². The molecule has 74 valence electrons. The third kappa shape index (κ3) is 1.51. The van der Waals surface area contributed by atoms with E-state index in [0.717, 1.165) is 6.42 Å². The van der Waals surface area contributed by atoms with Crippen molar-refractivity contribution in [3.05, 3.63) is 18.3 Å². The van der Waals surface area contributed by atoms with Crippen LogP contribution in [-0.2, 0) is 0 Å². The molecule has 0 aliphatic carbocycles. The van der Waals surface area contributed by atoms with Crippen LogP contribution in [-0.4, -0.2) is 20.2 Å². The molecular weight excluding hydrogens is 182 g/mol. The number of hydrogen-bond donors (Lipinski definition) is 2. The quantitative estimate of drug-likeness (QED) is 0.754. The van der Waals surface area contributed by atoms with Crippen LogP contribution in [0.2, 0.25) is 0 Å². The highest BCUT2D eigenvalue weighted by Gasteiger charge is 2.14. The smallest absolute Gasteiger partial charge is 0.283 e. The maximum Gasteiger partial charge on any atom is 0.283 e. The Hall–Kier alpha value is -1.69. The molecule has 2 heterocycles. The Morgan fingerprint density at radius 2 is 2.43 bits per heavy atom. The zero-order valence-corrected chi connectivity index (χ0v) is 7.77. The summed E-state index contributed by atoms with van der Waals surface area (Å²) in [4.78, 5) is 6.87. The number of nitrogens with one attached hydrogen (secondary N) is 1. The lowest BCUT2D eigenvalue weighted by atomic mass is 10.2. The second-order valence-corrected chi connectivity index (χ2v) is 2.90. The van der Waals surface area contributed by atoms with Gasteiger partial charge in [-0.05, 0) is 6.42 Å². The van der Waals surface area contributed by atoms with Gasteiger partial charge in [0.2, 0.25) is 5.89 Å². The molecule has 0 fully saturated rings. The fourth-order valence-corrected chi connectivity index (χ4v) is 1.04. The van der Waals surface area contributed by atoms with Crippen molar-refractivity contribution in [1.29, 1.82) is 0 Å². The van der Waals surface area contributed by atoms with Crippen LogP contribution in [0.4, 0.5) is 0 Å². The molecule has 0 saturated heterocycles. The van der Waals surface area contributed by atoms with E-state index in [1.165, 1.54) is 0 Å². The molecule has 0 radical (unpaired) electrons. The molecule has 2 rings (SSSR count). The number of aromatic nitrogens is 4. The zero-order valence-electron chi connectivity index (χ0n) is 7.77. The first-order valence-electron chi connectivity index (χ1n) is 4.40. The van der Waals surface area contributed by atoms with E-state index in [-0.39, 0.29) is 6.04 Å². The first-order chi connectivity index (χ1) is 6.81. The van der Waals surface area contributed by atoms with Crippen LogP contribution in [0.15, 0.2) is 16.8 Å². The number of aromatic amines is 1. The van der Waals surface area contributed by atoms with Gasteiger partial charge in [0.15, 0.2) is 5.82 Å². The summed E-state index contributed by atoms with van der Waals surface area (Å²) in [5, 5.41) is 7.68. The molecule has 2 aromatic heterocycles. The van der Waals surface area contributed by atoms with Crippen molar-refractivity contribution in [2.45, 2.75) is 19.4 Å². The maximum atomic E-state index is 5.73. The van der Waals surface area contributed by atoms with E-state index in [9.17, 15) is 0 Å². The molecule has 1 atom stereocenters. The van der Waals surface area contributed by atoms with Crippen LogP contribution >= 0.6 is 0 Å². The van der Waals surface area contributed by atoms with E-state index in [1.54, 1.807) is 12.4 Å². The summed E-state index contributed by atoms with van der Waals surface area (Å²) in [6, 6.07) is -0.203. The highest BCUT2D eigenvalue weighted by molar-refractivity contribution is 5.38. The Labute approximate surface area is 80.6 Å². The SMILES string of the molecule is CCC(N)c1nnc(-c2ncc[nH]2)o1. The summed E-state index contributed by atoms with van der Waals surface area (Å²) in [5.74, 6) is 1.37. The first-order valence-corrected chi connectivity index (χ1v) is 4.40. The van der Waals surface area contributed by atoms with E-state index in [0.29, 0.717) is 17.6 Å². The maximum absolute atomic E-state index is 5.73. The number of rotatable bonds is 3. The lowest BCUT2D eigenvalue weighted by Gasteiger charge is -1.99. The molecule has 0 spiro atoms. The fourth-order valence-electron chi connectivity index (χ4n) is 1.04. The molecular formula is C8H11N5O. The van der Waals surface area contributed by atoms with Gasteiger partial charge in [0.25, 0.3) is 5.89 Å². The molecule has 2 aromatic rings. The molecule has 0 aliphatic rings. The predicted molar refractivity (Wildman–Crippen MR) is 49.1 cm³/mol. The third-order valence-electron chi connectivity index (χ3n) is 1.90. The minimum atomic E-state index is -0.203. The minimum Gasteiger partial charge on any atom is -0.416 e. The average molecular weight is 193 g/mol. The van der Waals surface area contributed by atoms with E-state index in [1.807, 2.05) is 6.92 Å². The summed E-state index contributed by atoms with van der Waals surface area (Å²) in [7, 11) is 0. The standard InChI is InChI=1S/C8H11N5O/c1-2-5(9)7-12-13-8(14-7)6-10-3-4-11-6/h3-5H,2,9H2,1H3,(H,10,11). The highest BCUT2D eigenvalue weighted by Crippen LogP contribution is 2.17. The molecule has 3 N–H and O–H groups in total. The van der Waals surface area contributed by atoms with Crippen molar-refractivity contribution in [2.75, 3.05) is 0 Å². The molecule has 0 aromatic carbocycles. The van der Waals surface area contributed by atoms with Crippen LogP contribution in [0.25, 0.3) is 11.7 Å². The lowest BCUT2D eigenvalue weighted by molar-refractivity contribution is 0.451. The van der Waals surface area contributed by atoms with E-state index >= 15 is 0 Å². The summed E-state index contributed by atoms with van der Waals surface area (Å²) in [6.07, 6.45) is 4.08. The van der Waals surface area contributed by atoms with Crippen LogP contribution in [0.5, 0.6) is 0 Å². The second-order valence-electron chi connectivity index (χ2n) is 2.90. The van der Waals surface area contributed by atoms with Crippen molar-refractivity contribution < 1.29 is 4.42 Å². The van der Waals surface area contributed by atoms with Crippen molar-refractivity contribution in [3.8, 4) is 11.7 Å². The lowest BCUT2D eigenvalue weighted by Crippen LogP contribution is -2.08. The molecule has 6 heteroatoms. The summed E-state index contributed by atoms with van der Waals surface area (Å²) < 4.78 is 5.34. The summed E-state index contributed by atoms with van der Waals surface area (Å²) in [5.41, 5.74) is 5.73. The van der Waals surface area contributed by atoms with Crippen molar-refractivity contribution in [1.82, 2.24) is 20.2 Å². The molecule has 14 heavy (non-hydrogen) atoms. The fraction of sp³-hybridized carbons (Fsp3) is 0.375. The van der Waals surface area contributed by atoms with Crippen LogP contribution < -0.4 is 5.73 Å². The van der Waals surface area contributed by atoms with Gasteiger partial charge < -0.3 is 15.1 Å². The van der Waals surface area contributed by atoms with Gasteiger partial charge in [-0.1, -0.05) is 6.92 Å². The van der Waals surface area contributed by atoms with Gasteiger partial charge in [-0.3, -0.25) is 0 Å². The summed E-state index contributed by atoms with van der Waals surface area (Å²) in [6.45, 7) is 1.96. The Morgan fingerprint density at radius 3 is 3.07 bits per heavy atom. The Kier molecular flexibility index (Phi) is 2.28. The predicted octanol–water partition coefficient (Wildman–Crippen LogP) is 0.869. The number of nitrogens with two attached hydrogens (primary N) is 1. The van der Waals surface area contributed by atoms with E-state index < -0.39 is 0 Å². The van der Waals surface area contributed by atoms with Gasteiger partial charge in [-0.2, -0.15) is 0 Å². The van der Waals surface area contributed by atoms with Crippen molar-refractivity contribution in [2.24, 2.45) is 5.73 Å². The largest absolute Gasteiger partial charge is 0.416 e. The van der Waals surface area contributed by atoms with Crippen molar-refractivity contribution in [3.63, 3.8) is 0 Å². The number of hydrogen-bond acceptors (Lipinski definition) is 5. The zero-order chi connectivity index (χ0) is 9.97. The van der Waals surface area contributed by atoms with Gasteiger partial charge in [-0.25, -0.2) is 4.98 Å². The minimum absolute atomic E-state index is 0.203. The molecule has 0 bridgehead atoms. The number of H-pyrrole nitrogens is 1. The highest BCUT2D eigenvalue weighted by atomic mass is 16.4. The Bertz CT molecular complexity index is 394. The number of nitrogens with zero attached hydrogens (tertiary/aromatic N) is 3. The Morgan fingerprint density at radius 1 is 1.57 bits per heavy atom. The summed E-state index contributed by atoms with van der Waals surface area (Å²) >= 11 is 0. The molecule has 0 amide bonds. The van der Waals surface area contributed by atoms with Crippen molar-refractivity contribution >= 4 is 0 Å². The third-order valence-corrected chi connectivity index (χ3v) is 1.90. The molecule has 6 nitrogen and oxygen atoms in total. The number of imidazole rings is 1.